The number of hydrogen-bond donors (Lipinski definition) is 0. The Labute approximate surface area is 151 Å². The number of alkyl halides is 2. The zero-order valence-electron chi connectivity index (χ0n) is 11.8. The number of hydroxylamine groups is 2. The first kappa shape index (κ1) is 15.2. The number of ether oxygens (including phenoxy) is 1. The van der Waals surface area contributed by atoms with Crippen molar-refractivity contribution in [3.8, 4) is 0 Å². The van der Waals surface area contributed by atoms with Gasteiger partial charge in [-0.25, -0.2) is 0 Å². The van der Waals surface area contributed by atoms with E-state index in [1.54, 1.807) is 0 Å². The first-order valence-electron chi connectivity index (χ1n) is 7.29. The van der Waals surface area contributed by atoms with Crippen LogP contribution >= 0.6 is 46.4 Å². The van der Waals surface area contributed by atoms with Crippen molar-refractivity contribution in [2.24, 2.45) is 23.7 Å². The molecule has 0 aromatic heterocycles. The molecule has 0 aromatic rings. The number of hydrogen-bond acceptors (Lipinski definition) is 4. The molecule has 2 amide bonds. The highest BCUT2D eigenvalue weighted by Crippen LogP contribution is 2.75. The Bertz CT molecular complexity index is 659. The molecule has 9 heteroatoms. The lowest BCUT2D eigenvalue weighted by Crippen LogP contribution is -2.50. The fourth-order valence-electron chi connectivity index (χ4n) is 5.44. The number of halogens is 4. The van der Waals surface area contributed by atoms with Crippen LogP contribution in [-0.2, 0) is 19.2 Å². The Morgan fingerprint density at radius 3 is 1.87 bits per heavy atom. The predicted octanol–water partition coefficient (Wildman–Crippen LogP) is 2.22. The van der Waals surface area contributed by atoms with Gasteiger partial charge in [0.2, 0.25) is 0 Å². The van der Waals surface area contributed by atoms with Crippen LogP contribution in [0.25, 0.3) is 0 Å². The molecule has 0 spiro atoms. The van der Waals surface area contributed by atoms with Gasteiger partial charge in [0.15, 0.2) is 0 Å². The molecule has 0 aromatic carbocycles. The third kappa shape index (κ3) is 1.37. The number of imide groups is 1. The van der Waals surface area contributed by atoms with E-state index >= 15 is 0 Å². The summed E-state index contributed by atoms with van der Waals surface area (Å²) in [5.41, 5.74) is 0. The van der Waals surface area contributed by atoms with Gasteiger partial charge in [0.25, 0.3) is 11.8 Å². The lowest BCUT2D eigenvalue weighted by atomic mass is 9.65. The third-order valence-corrected chi connectivity index (χ3v) is 8.64. The number of carbonyl (C=O) groups excluding carboxylic acids is 2. The smallest absolute Gasteiger partial charge is 0.260 e. The van der Waals surface area contributed by atoms with E-state index in [9.17, 15) is 9.59 Å². The van der Waals surface area contributed by atoms with E-state index in [4.69, 9.17) is 56.0 Å². The van der Waals surface area contributed by atoms with Crippen molar-refractivity contribution in [2.45, 2.75) is 28.4 Å². The Morgan fingerprint density at radius 1 is 1.04 bits per heavy atom. The maximum atomic E-state index is 12.5. The molecule has 3 saturated heterocycles. The zero-order valence-corrected chi connectivity index (χ0v) is 14.8. The van der Waals surface area contributed by atoms with Crippen molar-refractivity contribution in [2.75, 3.05) is 7.11 Å². The topological polar surface area (TPSA) is 55.8 Å². The second-order valence-electron chi connectivity index (χ2n) is 6.85. The monoisotopic (exact) mass is 397 g/mol. The normalized spacial score (nSPS) is 56.1. The van der Waals surface area contributed by atoms with E-state index in [0.29, 0.717) is 16.5 Å². The molecule has 1 saturated carbocycles. The predicted molar refractivity (Wildman–Crippen MR) is 82.0 cm³/mol. The molecule has 124 valence electrons. The van der Waals surface area contributed by atoms with E-state index in [1.165, 1.54) is 7.11 Å². The van der Waals surface area contributed by atoms with Crippen LogP contribution in [0.15, 0.2) is 10.1 Å². The van der Waals surface area contributed by atoms with Gasteiger partial charge < -0.3 is 4.74 Å². The minimum absolute atomic E-state index is 0.239. The highest BCUT2D eigenvalue weighted by atomic mass is 35.5. The quantitative estimate of drug-likeness (QED) is 0.502. The van der Waals surface area contributed by atoms with E-state index in [1.807, 2.05) is 0 Å². The van der Waals surface area contributed by atoms with Crippen molar-refractivity contribution >= 4 is 58.2 Å². The summed E-state index contributed by atoms with van der Waals surface area (Å²) in [5.74, 6) is -2.43. The SMILES string of the molecule is CON1C(=O)[C@H]2[C@H]3O[C@H]([C@@H]2C1=O)[C@@H]1[C@@H]3[C@]2(Cl)C[C@]1(Cl)C(Cl)=C2Cl. The highest BCUT2D eigenvalue weighted by Gasteiger charge is 2.81. The standard InChI is InChI=1S/C14H11Cl4NO4/c1-22-19-11(20)3-4(12(19)21)8-6-5(7(3)23-8)13(17)2-14(6,18)10(16)9(13)15/h3-8H,2H2,1H3/t3-,4-,5+,6+,7-,8-,13-,14-/m1/s1. The van der Waals surface area contributed by atoms with Crippen LogP contribution in [0.5, 0.6) is 0 Å². The van der Waals surface area contributed by atoms with Gasteiger partial charge in [-0.05, 0) is 6.42 Å². The number of fused-ring (bicyclic) bond motifs is 12. The maximum absolute atomic E-state index is 12.5. The highest BCUT2D eigenvalue weighted by molar-refractivity contribution is 6.51. The number of carbonyl (C=O) groups is 2. The van der Waals surface area contributed by atoms with Crippen molar-refractivity contribution in [1.82, 2.24) is 5.06 Å². The van der Waals surface area contributed by atoms with Crippen LogP contribution < -0.4 is 0 Å². The number of rotatable bonds is 1. The first-order chi connectivity index (χ1) is 10.8. The van der Waals surface area contributed by atoms with Gasteiger partial charge in [-0.15, -0.1) is 23.2 Å². The van der Waals surface area contributed by atoms with Crippen molar-refractivity contribution in [1.29, 1.82) is 0 Å². The summed E-state index contributed by atoms with van der Waals surface area (Å²) in [4.78, 5) is 28.1. The number of nitrogens with zero attached hydrogens (tertiary/aromatic N) is 1. The number of amides is 2. The van der Waals surface area contributed by atoms with E-state index in [-0.39, 0.29) is 23.7 Å². The van der Waals surface area contributed by atoms with E-state index in [2.05, 4.69) is 0 Å². The average molecular weight is 399 g/mol. The average Bonchev–Trinajstić information content (AvgIpc) is 3.21. The van der Waals surface area contributed by atoms with E-state index < -0.39 is 33.8 Å². The van der Waals surface area contributed by atoms with Crippen LogP contribution in [-0.4, -0.2) is 45.9 Å². The molecule has 2 aliphatic carbocycles. The lowest BCUT2D eigenvalue weighted by molar-refractivity contribution is -0.184. The van der Waals surface area contributed by atoms with Gasteiger partial charge >= 0.3 is 0 Å². The molecule has 3 heterocycles. The van der Waals surface area contributed by atoms with Gasteiger partial charge in [-0.2, -0.15) is 5.06 Å². The number of allylic oxidation sites excluding steroid dienone is 2. The molecule has 8 atom stereocenters. The van der Waals surface area contributed by atoms with Gasteiger partial charge in [0, 0.05) is 11.8 Å². The summed E-state index contributed by atoms with van der Waals surface area (Å²) < 4.78 is 6.01. The molecule has 3 aliphatic heterocycles. The van der Waals surface area contributed by atoms with Crippen LogP contribution in [0.4, 0.5) is 0 Å². The van der Waals surface area contributed by atoms with E-state index in [0.717, 1.165) is 5.06 Å². The minimum atomic E-state index is -0.931. The summed E-state index contributed by atoms with van der Waals surface area (Å²) in [5, 5.41) is 1.49. The molecular formula is C14H11Cl4NO4. The Morgan fingerprint density at radius 2 is 1.48 bits per heavy atom. The maximum Gasteiger partial charge on any atom is 0.260 e. The molecule has 23 heavy (non-hydrogen) atoms. The Hall–Kier alpha value is -0.0400. The molecule has 4 bridgehead atoms. The molecule has 0 N–H and O–H groups in total. The molecule has 5 nitrogen and oxygen atoms in total. The fraction of sp³-hybridized carbons (Fsp3) is 0.714. The second-order valence-corrected chi connectivity index (χ2v) is 8.96. The van der Waals surface area contributed by atoms with Crippen molar-refractivity contribution in [3.05, 3.63) is 10.1 Å². The second kappa shape index (κ2) is 4.19. The Balaban J connectivity index is 1.65. The summed E-state index contributed by atoms with van der Waals surface area (Å²) >= 11 is 26.3. The van der Waals surface area contributed by atoms with Crippen LogP contribution in [0.2, 0.25) is 0 Å². The zero-order chi connectivity index (χ0) is 16.5. The Kier molecular flexibility index (Phi) is 2.78. The summed E-state index contributed by atoms with van der Waals surface area (Å²) in [6.07, 6.45) is -0.603. The van der Waals surface area contributed by atoms with Gasteiger partial charge in [0.05, 0.1) is 51.0 Å². The van der Waals surface area contributed by atoms with Gasteiger partial charge in [-0.1, -0.05) is 23.2 Å². The lowest BCUT2D eigenvalue weighted by Gasteiger charge is -2.40. The van der Waals surface area contributed by atoms with Crippen LogP contribution in [0, 0.1) is 23.7 Å². The van der Waals surface area contributed by atoms with Crippen LogP contribution in [0.3, 0.4) is 0 Å². The van der Waals surface area contributed by atoms with Crippen molar-refractivity contribution in [3.63, 3.8) is 0 Å². The first-order valence-corrected chi connectivity index (χ1v) is 8.80. The molecule has 5 aliphatic rings. The molecule has 5 rings (SSSR count). The molecule has 0 unspecified atom stereocenters. The fourth-order valence-corrected chi connectivity index (χ4v) is 7.46. The molecule has 0 radical (unpaired) electrons. The summed E-state index contributed by atoms with van der Waals surface area (Å²) in [6, 6.07) is 0. The summed E-state index contributed by atoms with van der Waals surface area (Å²) in [6.45, 7) is 0. The van der Waals surface area contributed by atoms with Gasteiger partial charge in [-0.3, -0.25) is 14.4 Å². The summed E-state index contributed by atoms with van der Waals surface area (Å²) in [7, 11) is 1.30. The molecular weight excluding hydrogens is 388 g/mol. The largest absolute Gasteiger partial charge is 0.373 e. The van der Waals surface area contributed by atoms with Gasteiger partial charge in [0.1, 0.15) is 0 Å². The van der Waals surface area contributed by atoms with Crippen molar-refractivity contribution < 1.29 is 19.2 Å². The molecule has 4 fully saturated rings. The van der Waals surface area contributed by atoms with Crippen LogP contribution in [0.1, 0.15) is 6.42 Å². The third-order valence-electron chi connectivity index (χ3n) is 6.15. The minimum Gasteiger partial charge on any atom is -0.373 e.